The summed E-state index contributed by atoms with van der Waals surface area (Å²) in [5.74, 6) is 0.233. The highest BCUT2D eigenvalue weighted by Crippen LogP contribution is 2.08. The molecule has 0 aliphatic carbocycles. The van der Waals surface area contributed by atoms with E-state index in [9.17, 15) is 5.11 Å². The molecule has 84 valence electrons. The fraction of sp³-hybridized carbons (Fsp3) is 0.900. The third-order valence-corrected chi connectivity index (χ3v) is 2.58. The minimum Gasteiger partial charge on any atom is -0.393 e. The van der Waals surface area contributed by atoms with E-state index in [-0.39, 0.29) is 5.92 Å². The summed E-state index contributed by atoms with van der Waals surface area (Å²) in [4.78, 5) is 2.70. The second-order valence-electron chi connectivity index (χ2n) is 4.63. The summed E-state index contributed by atoms with van der Waals surface area (Å²) in [5, 5.41) is 9.53. The van der Waals surface area contributed by atoms with Crippen LogP contribution in [-0.4, -0.2) is 40.7 Å². The molecular formula is C10H22N2OS. The van der Waals surface area contributed by atoms with Gasteiger partial charge in [-0.25, -0.2) is 0 Å². The topological polar surface area (TPSA) is 49.5 Å². The van der Waals surface area contributed by atoms with E-state index in [1.807, 2.05) is 27.8 Å². The summed E-state index contributed by atoms with van der Waals surface area (Å²) in [6, 6.07) is 0. The van der Waals surface area contributed by atoms with Crippen molar-refractivity contribution >= 4 is 17.2 Å². The second kappa shape index (κ2) is 5.63. The van der Waals surface area contributed by atoms with Crippen LogP contribution >= 0.6 is 12.2 Å². The fourth-order valence-corrected chi connectivity index (χ4v) is 1.19. The number of aliphatic hydroxyl groups is 1. The number of hydrogen-bond donors (Lipinski definition) is 2. The number of nitrogens with two attached hydrogens (primary N) is 1. The lowest BCUT2D eigenvalue weighted by Gasteiger charge is -2.24. The Labute approximate surface area is 92.3 Å². The Balaban J connectivity index is 3.76. The monoisotopic (exact) mass is 218 g/mol. The van der Waals surface area contributed by atoms with Gasteiger partial charge in [0, 0.05) is 19.0 Å². The summed E-state index contributed by atoms with van der Waals surface area (Å²) >= 11 is 4.90. The van der Waals surface area contributed by atoms with Crippen molar-refractivity contribution in [2.24, 2.45) is 11.7 Å². The Morgan fingerprint density at radius 3 is 2.43 bits per heavy atom. The molecule has 0 aliphatic heterocycles. The first kappa shape index (κ1) is 13.8. The van der Waals surface area contributed by atoms with E-state index >= 15 is 0 Å². The minimum atomic E-state index is -0.597. The molecule has 0 aromatic rings. The molecule has 0 radical (unpaired) electrons. The van der Waals surface area contributed by atoms with Gasteiger partial charge in [-0.05, 0) is 27.3 Å². The molecule has 0 fully saturated rings. The van der Waals surface area contributed by atoms with Crippen LogP contribution in [0.1, 0.15) is 27.2 Å². The van der Waals surface area contributed by atoms with Gasteiger partial charge in [0.1, 0.15) is 0 Å². The lowest BCUT2D eigenvalue weighted by atomic mass is 10.1. The van der Waals surface area contributed by atoms with Crippen LogP contribution < -0.4 is 5.73 Å². The zero-order chi connectivity index (χ0) is 11.4. The van der Waals surface area contributed by atoms with Crippen LogP contribution in [0.5, 0.6) is 0 Å². The molecule has 4 heteroatoms. The molecule has 0 bridgehead atoms. The number of rotatable bonds is 6. The molecule has 14 heavy (non-hydrogen) atoms. The molecule has 0 heterocycles. The summed E-state index contributed by atoms with van der Waals surface area (Å²) in [6.07, 6.45) is 0.757. The zero-order valence-corrected chi connectivity index (χ0v) is 10.4. The van der Waals surface area contributed by atoms with Crippen molar-refractivity contribution in [3.8, 4) is 0 Å². The average Bonchev–Trinajstić information content (AvgIpc) is 1.99. The third-order valence-electron chi connectivity index (χ3n) is 2.18. The lowest BCUT2D eigenvalue weighted by molar-refractivity contribution is 0.0601. The molecule has 0 aromatic carbocycles. The molecule has 3 nitrogen and oxygen atoms in total. The van der Waals surface area contributed by atoms with Crippen LogP contribution in [0.2, 0.25) is 0 Å². The van der Waals surface area contributed by atoms with E-state index in [4.69, 9.17) is 18.0 Å². The van der Waals surface area contributed by atoms with Gasteiger partial charge in [-0.2, -0.15) is 0 Å². The Hall–Kier alpha value is -0.190. The van der Waals surface area contributed by atoms with Crippen LogP contribution in [0.3, 0.4) is 0 Å². The largest absolute Gasteiger partial charge is 0.393 e. The molecule has 0 spiro atoms. The average molecular weight is 218 g/mol. The van der Waals surface area contributed by atoms with Crippen molar-refractivity contribution in [3.05, 3.63) is 0 Å². The molecule has 1 atom stereocenters. The normalized spacial score (nSPS) is 14.4. The van der Waals surface area contributed by atoms with E-state index in [1.54, 1.807) is 0 Å². The van der Waals surface area contributed by atoms with Crippen molar-refractivity contribution in [3.63, 3.8) is 0 Å². The Morgan fingerprint density at radius 1 is 1.57 bits per heavy atom. The third kappa shape index (κ3) is 7.24. The minimum absolute atomic E-state index is 0.233. The molecular weight excluding hydrogens is 196 g/mol. The van der Waals surface area contributed by atoms with Crippen molar-refractivity contribution in [2.45, 2.75) is 32.8 Å². The van der Waals surface area contributed by atoms with Crippen molar-refractivity contribution in [2.75, 3.05) is 20.1 Å². The van der Waals surface area contributed by atoms with E-state index in [0.717, 1.165) is 19.5 Å². The maximum Gasteiger partial charge on any atom is 0.0768 e. The highest BCUT2D eigenvalue weighted by atomic mass is 32.1. The number of nitrogens with zero attached hydrogens (tertiary/aromatic N) is 1. The standard InChI is InChI=1S/C10H22N2OS/c1-8(9(11)14)7-12(4)6-5-10(2,3)13/h8,13H,5-7H2,1-4H3,(H2,11,14). The highest BCUT2D eigenvalue weighted by Gasteiger charge is 2.15. The first-order valence-corrected chi connectivity index (χ1v) is 5.33. The Morgan fingerprint density at radius 2 is 2.07 bits per heavy atom. The summed E-state index contributed by atoms with van der Waals surface area (Å²) in [5.41, 5.74) is 4.93. The zero-order valence-electron chi connectivity index (χ0n) is 9.58. The first-order valence-electron chi connectivity index (χ1n) is 4.92. The second-order valence-corrected chi connectivity index (χ2v) is 5.10. The van der Waals surface area contributed by atoms with Crippen molar-refractivity contribution < 1.29 is 5.11 Å². The van der Waals surface area contributed by atoms with Gasteiger partial charge in [0.05, 0.1) is 10.6 Å². The summed E-state index contributed by atoms with van der Waals surface area (Å²) in [6.45, 7) is 7.36. The molecule has 0 aromatic heterocycles. The van der Waals surface area contributed by atoms with Gasteiger partial charge in [0.15, 0.2) is 0 Å². The first-order chi connectivity index (χ1) is 6.22. The van der Waals surface area contributed by atoms with Crippen molar-refractivity contribution in [1.29, 1.82) is 0 Å². The number of thiocarbonyl (C=S) groups is 1. The van der Waals surface area contributed by atoms with Crippen LogP contribution in [0.15, 0.2) is 0 Å². The molecule has 0 saturated heterocycles. The Kier molecular flexibility index (Phi) is 5.56. The van der Waals surface area contributed by atoms with Crippen LogP contribution in [0.25, 0.3) is 0 Å². The van der Waals surface area contributed by atoms with Crippen LogP contribution in [0, 0.1) is 5.92 Å². The van der Waals surface area contributed by atoms with Crippen molar-refractivity contribution in [1.82, 2.24) is 4.90 Å². The predicted molar refractivity (Wildman–Crippen MR) is 64.4 cm³/mol. The fourth-order valence-electron chi connectivity index (χ4n) is 1.11. The molecule has 0 rings (SSSR count). The summed E-state index contributed by atoms with van der Waals surface area (Å²) in [7, 11) is 2.01. The highest BCUT2D eigenvalue weighted by molar-refractivity contribution is 7.80. The maximum absolute atomic E-state index is 9.53. The number of hydrogen-bond acceptors (Lipinski definition) is 3. The SMILES string of the molecule is CC(CN(C)CCC(C)(C)O)C(N)=S. The maximum atomic E-state index is 9.53. The van der Waals surface area contributed by atoms with Gasteiger partial charge >= 0.3 is 0 Å². The summed E-state index contributed by atoms with van der Waals surface area (Å²) < 4.78 is 0. The van der Waals surface area contributed by atoms with E-state index in [0.29, 0.717) is 4.99 Å². The van der Waals surface area contributed by atoms with E-state index in [1.165, 1.54) is 0 Å². The smallest absolute Gasteiger partial charge is 0.0768 e. The van der Waals surface area contributed by atoms with Gasteiger partial charge < -0.3 is 15.7 Å². The van der Waals surface area contributed by atoms with E-state index in [2.05, 4.69) is 4.90 Å². The van der Waals surface area contributed by atoms with Gasteiger partial charge in [0.25, 0.3) is 0 Å². The molecule has 3 N–H and O–H groups in total. The van der Waals surface area contributed by atoms with Crippen LogP contribution in [0.4, 0.5) is 0 Å². The predicted octanol–water partition coefficient (Wildman–Crippen LogP) is 1.00. The molecule has 0 amide bonds. The van der Waals surface area contributed by atoms with Crippen LogP contribution in [-0.2, 0) is 0 Å². The van der Waals surface area contributed by atoms with Gasteiger partial charge in [-0.15, -0.1) is 0 Å². The molecule has 0 saturated carbocycles. The lowest BCUT2D eigenvalue weighted by Crippen LogP contribution is -2.34. The Bertz CT molecular complexity index is 189. The molecule has 1 unspecified atom stereocenters. The van der Waals surface area contributed by atoms with Gasteiger partial charge in [-0.3, -0.25) is 0 Å². The van der Waals surface area contributed by atoms with E-state index < -0.39 is 5.60 Å². The van der Waals surface area contributed by atoms with Gasteiger partial charge in [0.2, 0.25) is 0 Å². The molecule has 0 aliphatic rings. The van der Waals surface area contributed by atoms with Gasteiger partial charge in [-0.1, -0.05) is 19.1 Å². The quantitative estimate of drug-likeness (QED) is 0.653.